The molecular weight excluding hydrogens is 288 g/mol. The summed E-state index contributed by atoms with van der Waals surface area (Å²) in [4.78, 5) is 11.5. The van der Waals surface area contributed by atoms with E-state index in [0.29, 0.717) is 6.54 Å². The Bertz CT molecular complexity index is 224. The third-order valence-electron chi connectivity index (χ3n) is 3.68. The van der Waals surface area contributed by atoms with Crippen molar-refractivity contribution >= 4 is 18.3 Å². The molecule has 0 unspecified atom stereocenters. The van der Waals surface area contributed by atoms with Crippen molar-refractivity contribution in [1.29, 1.82) is 0 Å². The second-order valence-electron chi connectivity index (χ2n) is 5.50. The van der Waals surface area contributed by atoms with E-state index in [4.69, 9.17) is 5.11 Å². The zero-order chi connectivity index (χ0) is 15.1. The normalized spacial score (nSPS) is 11.8. The lowest BCUT2D eigenvalue weighted by Crippen LogP contribution is -2.45. The molecule has 1 atom stereocenters. The molecular formula is C16H35ClN2O2. The van der Waals surface area contributed by atoms with Gasteiger partial charge in [-0.3, -0.25) is 4.79 Å². The zero-order valence-electron chi connectivity index (χ0n) is 13.8. The molecule has 0 spiro atoms. The van der Waals surface area contributed by atoms with Crippen LogP contribution in [0.2, 0.25) is 0 Å². The van der Waals surface area contributed by atoms with E-state index in [0.717, 1.165) is 6.42 Å². The molecule has 0 saturated carbocycles. The van der Waals surface area contributed by atoms with Gasteiger partial charge in [0.1, 0.15) is 6.04 Å². The minimum absolute atomic E-state index is 0. The van der Waals surface area contributed by atoms with E-state index in [1.165, 1.54) is 57.8 Å². The van der Waals surface area contributed by atoms with Crippen molar-refractivity contribution in [3.05, 3.63) is 0 Å². The summed E-state index contributed by atoms with van der Waals surface area (Å²) in [7, 11) is 1.68. The van der Waals surface area contributed by atoms with Crippen LogP contribution >= 0.6 is 12.4 Å². The fourth-order valence-electron chi connectivity index (χ4n) is 2.25. The van der Waals surface area contributed by atoms with E-state index in [2.05, 4.69) is 17.6 Å². The van der Waals surface area contributed by atoms with Gasteiger partial charge >= 0.3 is 0 Å². The van der Waals surface area contributed by atoms with E-state index in [1.54, 1.807) is 7.05 Å². The van der Waals surface area contributed by atoms with Gasteiger partial charge in [0, 0.05) is 6.54 Å². The second-order valence-corrected chi connectivity index (χ2v) is 5.50. The summed E-state index contributed by atoms with van der Waals surface area (Å²) in [6.45, 7) is 2.81. The smallest absolute Gasteiger partial charge is 0.239 e. The van der Waals surface area contributed by atoms with Gasteiger partial charge in [-0.1, -0.05) is 64.7 Å². The molecule has 3 N–H and O–H groups in total. The van der Waals surface area contributed by atoms with Crippen molar-refractivity contribution in [1.82, 2.24) is 10.6 Å². The number of nitrogens with one attached hydrogen (secondary N) is 2. The van der Waals surface area contributed by atoms with Gasteiger partial charge in [-0.05, 0) is 13.5 Å². The molecule has 0 radical (unpaired) electrons. The minimum atomic E-state index is -0.474. The Morgan fingerprint density at radius 3 is 1.86 bits per heavy atom. The fourth-order valence-corrected chi connectivity index (χ4v) is 2.25. The highest BCUT2D eigenvalue weighted by molar-refractivity contribution is 5.85. The van der Waals surface area contributed by atoms with Crippen LogP contribution in [0.25, 0.3) is 0 Å². The molecule has 4 nitrogen and oxygen atoms in total. The van der Waals surface area contributed by atoms with Gasteiger partial charge in [0.2, 0.25) is 5.91 Å². The first kappa shape index (κ1) is 23.0. The van der Waals surface area contributed by atoms with Crippen molar-refractivity contribution in [3.8, 4) is 0 Å². The van der Waals surface area contributed by atoms with Crippen molar-refractivity contribution in [2.45, 2.75) is 77.2 Å². The van der Waals surface area contributed by atoms with Crippen LogP contribution in [0, 0.1) is 0 Å². The lowest BCUT2D eigenvalue weighted by Gasteiger charge is -2.12. The van der Waals surface area contributed by atoms with Crippen LogP contribution in [-0.2, 0) is 4.79 Å². The van der Waals surface area contributed by atoms with E-state index in [1.807, 2.05) is 0 Å². The van der Waals surface area contributed by atoms with Gasteiger partial charge in [0.15, 0.2) is 0 Å². The molecule has 0 aromatic rings. The number of aliphatic hydroxyl groups excluding tert-OH is 1. The van der Waals surface area contributed by atoms with Gasteiger partial charge in [0.05, 0.1) is 6.61 Å². The fraction of sp³-hybridized carbons (Fsp3) is 0.938. The van der Waals surface area contributed by atoms with Crippen LogP contribution in [-0.4, -0.2) is 37.3 Å². The van der Waals surface area contributed by atoms with E-state index < -0.39 is 6.04 Å². The van der Waals surface area contributed by atoms with Gasteiger partial charge in [0.25, 0.3) is 0 Å². The number of aliphatic hydroxyl groups is 1. The molecule has 0 aliphatic carbocycles. The predicted molar refractivity (Wildman–Crippen MR) is 92.0 cm³/mol. The Kier molecular flexibility index (Phi) is 19.4. The van der Waals surface area contributed by atoms with Gasteiger partial charge < -0.3 is 15.7 Å². The first-order valence-corrected chi connectivity index (χ1v) is 8.32. The van der Waals surface area contributed by atoms with Crippen molar-refractivity contribution in [2.24, 2.45) is 0 Å². The Morgan fingerprint density at radius 1 is 0.952 bits per heavy atom. The summed E-state index contributed by atoms with van der Waals surface area (Å²) in [5.41, 5.74) is 0. The van der Waals surface area contributed by atoms with Crippen LogP contribution in [0.1, 0.15) is 71.1 Å². The topological polar surface area (TPSA) is 61.4 Å². The maximum atomic E-state index is 11.5. The van der Waals surface area contributed by atoms with Gasteiger partial charge in [-0.25, -0.2) is 0 Å². The van der Waals surface area contributed by atoms with E-state index >= 15 is 0 Å². The summed E-state index contributed by atoms with van der Waals surface area (Å²) in [5, 5.41) is 14.6. The molecule has 0 aliphatic rings. The van der Waals surface area contributed by atoms with E-state index in [-0.39, 0.29) is 24.9 Å². The number of halogens is 1. The Balaban J connectivity index is 0. The largest absolute Gasteiger partial charge is 0.394 e. The molecule has 0 aromatic heterocycles. The first-order valence-electron chi connectivity index (χ1n) is 8.32. The van der Waals surface area contributed by atoms with Crippen LogP contribution in [0.15, 0.2) is 0 Å². The number of amides is 1. The predicted octanol–water partition coefficient (Wildman–Crippen LogP) is 3.03. The van der Waals surface area contributed by atoms with Crippen molar-refractivity contribution in [3.63, 3.8) is 0 Å². The number of carbonyl (C=O) groups excluding carboxylic acids is 1. The number of rotatable bonds is 14. The lowest BCUT2D eigenvalue weighted by molar-refractivity contribution is -0.123. The molecule has 5 heteroatoms. The monoisotopic (exact) mass is 322 g/mol. The summed E-state index contributed by atoms with van der Waals surface area (Å²) < 4.78 is 0. The quantitative estimate of drug-likeness (QED) is 0.431. The average Bonchev–Trinajstić information content (AvgIpc) is 2.46. The zero-order valence-corrected chi connectivity index (χ0v) is 14.6. The first-order chi connectivity index (χ1) is 9.76. The average molecular weight is 323 g/mol. The Hall–Kier alpha value is -0.320. The molecule has 1 amide bonds. The Morgan fingerprint density at radius 2 is 1.43 bits per heavy atom. The molecule has 0 fully saturated rings. The number of hydrogen-bond acceptors (Lipinski definition) is 3. The molecule has 0 rings (SSSR count). The standard InChI is InChI=1S/C16H34N2O2.ClH/c1-3-4-5-6-7-8-9-10-11-12-13-18-16(20)15(14-19)17-2;/h15,17,19H,3-14H2,1-2H3,(H,18,20);1H/t15-;/m0./s1. The number of likely N-dealkylation sites (N-methyl/N-ethyl adjacent to an activating group) is 1. The maximum Gasteiger partial charge on any atom is 0.239 e. The summed E-state index contributed by atoms with van der Waals surface area (Å²) in [6.07, 6.45) is 13.0. The highest BCUT2D eigenvalue weighted by atomic mass is 35.5. The molecule has 128 valence electrons. The van der Waals surface area contributed by atoms with E-state index in [9.17, 15) is 4.79 Å². The Labute approximate surface area is 136 Å². The maximum absolute atomic E-state index is 11.5. The molecule has 0 saturated heterocycles. The number of carbonyl (C=O) groups is 1. The minimum Gasteiger partial charge on any atom is -0.394 e. The number of unbranched alkanes of at least 4 members (excludes halogenated alkanes) is 9. The molecule has 0 bridgehead atoms. The molecule has 21 heavy (non-hydrogen) atoms. The molecule has 0 aromatic carbocycles. The highest BCUT2D eigenvalue weighted by Gasteiger charge is 2.13. The third kappa shape index (κ3) is 14.4. The second kappa shape index (κ2) is 17.7. The summed E-state index contributed by atoms with van der Waals surface area (Å²) in [5.74, 6) is -0.106. The number of hydrogen-bond donors (Lipinski definition) is 3. The van der Waals surface area contributed by atoms with Crippen LogP contribution < -0.4 is 10.6 Å². The summed E-state index contributed by atoms with van der Waals surface area (Å²) in [6, 6.07) is -0.474. The highest BCUT2D eigenvalue weighted by Crippen LogP contribution is 2.10. The SMILES string of the molecule is CCCCCCCCCCCCNC(=O)[C@H](CO)NC.Cl. The van der Waals surface area contributed by atoms with Crippen LogP contribution in [0.4, 0.5) is 0 Å². The van der Waals surface area contributed by atoms with Gasteiger partial charge in [-0.15, -0.1) is 12.4 Å². The third-order valence-corrected chi connectivity index (χ3v) is 3.68. The van der Waals surface area contributed by atoms with Crippen molar-refractivity contribution in [2.75, 3.05) is 20.2 Å². The van der Waals surface area contributed by atoms with Gasteiger partial charge in [-0.2, -0.15) is 0 Å². The van der Waals surface area contributed by atoms with Crippen molar-refractivity contribution < 1.29 is 9.90 Å². The molecule has 0 aliphatic heterocycles. The molecule has 0 heterocycles. The lowest BCUT2D eigenvalue weighted by atomic mass is 10.1. The van der Waals surface area contributed by atoms with Crippen LogP contribution in [0.5, 0.6) is 0 Å². The summed E-state index contributed by atoms with van der Waals surface area (Å²) >= 11 is 0. The van der Waals surface area contributed by atoms with Crippen LogP contribution in [0.3, 0.4) is 0 Å².